The summed E-state index contributed by atoms with van der Waals surface area (Å²) in [6.07, 6.45) is 7.41. The fourth-order valence-corrected chi connectivity index (χ4v) is 2.48. The number of anilines is 1. The van der Waals surface area contributed by atoms with Gasteiger partial charge in [0.1, 0.15) is 0 Å². The van der Waals surface area contributed by atoms with Gasteiger partial charge in [0, 0.05) is 41.5 Å². The third-order valence-corrected chi connectivity index (χ3v) is 3.55. The number of rotatable bonds is 5. The fourth-order valence-electron chi connectivity index (χ4n) is 2.07. The van der Waals surface area contributed by atoms with Crippen molar-refractivity contribution in [2.45, 2.75) is 13.1 Å². The van der Waals surface area contributed by atoms with E-state index < -0.39 is 0 Å². The summed E-state index contributed by atoms with van der Waals surface area (Å²) in [5.74, 6) is 0. The summed E-state index contributed by atoms with van der Waals surface area (Å²) < 4.78 is 2.91. The van der Waals surface area contributed by atoms with Gasteiger partial charge < -0.3 is 5.32 Å². The Hall–Kier alpha value is -2.14. The first-order valence-electron chi connectivity index (χ1n) is 6.69. The van der Waals surface area contributed by atoms with Crippen LogP contribution < -0.4 is 5.32 Å². The monoisotopic (exact) mass is 342 g/mol. The van der Waals surface area contributed by atoms with E-state index in [9.17, 15) is 0 Å². The van der Waals surface area contributed by atoms with Crippen LogP contribution in [0.15, 0.2) is 65.7 Å². The van der Waals surface area contributed by atoms with Crippen LogP contribution in [-0.2, 0) is 13.1 Å². The molecule has 2 heterocycles. The van der Waals surface area contributed by atoms with Crippen LogP contribution in [-0.4, -0.2) is 14.8 Å². The summed E-state index contributed by atoms with van der Waals surface area (Å²) in [6, 6.07) is 12.4. The molecule has 0 fully saturated rings. The second kappa shape index (κ2) is 6.54. The molecule has 3 rings (SSSR count). The largest absolute Gasteiger partial charge is 0.381 e. The number of nitrogens with zero attached hydrogens (tertiary/aromatic N) is 3. The number of nitrogens with one attached hydrogen (secondary N) is 1. The minimum Gasteiger partial charge on any atom is -0.381 e. The van der Waals surface area contributed by atoms with Gasteiger partial charge in [-0.1, -0.05) is 12.1 Å². The minimum atomic E-state index is 0.755. The molecule has 1 N–H and O–H groups in total. The lowest BCUT2D eigenvalue weighted by atomic mass is 10.2. The van der Waals surface area contributed by atoms with E-state index >= 15 is 0 Å². The SMILES string of the molecule is Brc1cncc(CNc2ccc(Cn3cccn3)cc2)c1. The first-order valence-corrected chi connectivity index (χ1v) is 7.48. The molecule has 0 bridgehead atoms. The van der Waals surface area contributed by atoms with Crippen LogP contribution in [0.4, 0.5) is 5.69 Å². The van der Waals surface area contributed by atoms with Crippen molar-refractivity contribution in [2.24, 2.45) is 0 Å². The van der Waals surface area contributed by atoms with E-state index in [0.29, 0.717) is 0 Å². The Morgan fingerprint density at radius 2 is 1.95 bits per heavy atom. The van der Waals surface area contributed by atoms with Crippen LogP contribution >= 0.6 is 15.9 Å². The van der Waals surface area contributed by atoms with Gasteiger partial charge in [0.25, 0.3) is 0 Å². The van der Waals surface area contributed by atoms with Gasteiger partial charge in [-0.25, -0.2) is 0 Å². The topological polar surface area (TPSA) is 42.7 Å². The van der Waals surface area contributed by atoms with E-state index in [0.717, 1.165) is 28.8 Å². The van der Waals surface area contributed by atoms with E-state index in [2.05, 4.69) is 61.7 Å². The first kappa shape index (κ1) is 13.8. The zero-order chi connectivity index (χ0) is 14.5. The van der Waals surface area contributed by atoms with E-state index in [1.165, 1.54) is 5.56 Å². The van der Waals surface area contributed by atoms with Gasteiger partial charge in [-0.15, -0.1) is 0 Å². The molecule has 2 aromatic heterocycles. The lowest BCUT2D eigenvalue weighted by molar-refractivity contribution is 0.687. The minimum absolute atomic E-state index is 0.755. The van der Waals surface area contributed by atoms with Crippen molar-refractivity contribution in [3.63, 3.8) is 0 Å². The molecule has 0 aliphatic heterocycles. The summed E-state index contributed by atoms with van der Waals surface area (Å²) in [5.41, 5.74) is 3.47. The highest BCUT2D eigenvalue weighted by molar-refractivity contribution is 9.10. The molecule has 0 spiro atoms. The van der Waals surface area contributed by atoms with Gasteiger partial charge in [-0.05, 0) is 51.3 Å². The van der Waals surface area contributed by atoms with Crippen LogP contribution in [0, 0.1) is 0 Å². The lowest BCUT2D eigenvalue weighted by Gasteiger charge is -2.08. The normalized spacial score (nSPS) is 10.5. The fraction of sp³-hybridized carbons (Fsp3) is 0.125. The van der Waals surface area contributed by atoms with Crippen LogP contribution in [0.2, 0.25) is 0 Å². The number of hydrogen-bond donors (Lipinski definition) is 1. The molecule has 0 atom stereocenters. The van der Waals surface area contributed by atoms with Crippen molar-refractivity contribution in [1.82, 2.24) is 14.8 Å². The van der Waals surface area contributed by atoms with E-state index in [1.54, 1.807) is 12.4 Å². The molecule has 0 saturated carbocycles. The number of hydrogen-bond acceptors (Lipinski definition) is 3. The molecule has 0 amide bonds. The third kappa shape index (κ3) is 3.92. The van der Waals surface area contributed by atoms with E-state index in [4.69, 9.17) is 0 Å². The van der Waals surface area contributed by atoms with Gasteiger partial charge >= 0.3 is 0 Å². The Kier molecular flexibility index (Phi) is 4.31. The smallest absolute Gasteiger partial charge is 0.0659 e. The second-order valence-corrected chi connectivity index (χ2v) is 5.68. The zero-order valence-electron chi connectivity index (χ0n) is 11.4. The molecule has 0 saturated heterocycles. The predicted octanol–water partition coefficient (Wildman–Crippen LogP) is 3.70. The maximum absolute atomic E-state index is 4.21. The summed E-state index contributed by atoms with van der Waals surface area (Å²) in [6.45, 7) is 1.55. The molecule has 21 heavy (non-hydrogen) atoms. The molecule has 0 unspecified atom stereocenters. The highest BCUT2D eigenvalue weighted by Gasteiger charge is 1.98. The quantitative estimate of drug-likeness (QED) is 0.768. The van der Waals surface area contributed by atoms with Crippen molar-refractivity contribution in [1.29, 1.82) is 0 Å². The van der Waals surface area contributed by atoms with Crippen molar-refractivity contribution < 1.29 is 0 Å². The van der Waals surface area contributed by atoms with Gasteiger partial charge in [-0.2, -0.15) is 5.10 Å². The molecular formula is C16H15BrN4. The Balaban J connectivity index is 1.59. The Bertz CT molecular complexity index is 693. The van der Waals surface area contributed by atoms with E-state index in [1.807, 2.05) is 23.1 Å². The Morgan fingerprint density at radius 1 is 1.10 bits per heavy atom. The van der Waals surface area contributed by atoms with Crippen LogP contribution in [0.3, 0.4) is 0 Å². The predicted molar refractivity (Wildman–Crippen MR) is 87.0 cm³/mol. The van der Waals surface area contributed by atoms with Crippen molar-refractivity contribution >= 4 is 21.6 Å². The number of benzene rings is 1. The van der Waals surface area contributed by atoms with Crippen LogP contribution in [0.5, 0.6) is 0 Å². The average Bonchev–Trinajstić information content (AvgIpc) is 3.00. The van der Waals surface area contributed by atoms with Crippen LogP contribution in [0.1, 0.15) is 11.1 Å². The first-order chi connectivity index (χ1) is 10.3. The molecule has 3 aromatic rings. The molecule has 0 aliphatic rings. The molecule has 0 radical (unpaired) electrons. The summed E-state index contributed by atoms with van der Waals surface area (Å²) >= 11 is 3.43. The van der Waals surface area contributed by atoms with Gasteiger partial charge in [0.05, 0.1) is 6.54 Å². The maximum Gasteiger partial charge on any atom is 0.0659 e. The molecule has 1 aromatic carbocycles. The molecule has 106 valence electrons. The highest BCUT2D eigenvalue weighted by atomic mass is 79.9. The maximum atomic E-state index is 4.21. The van der Waals surface area contributed by atoms with Gasteiger partial charge in [0.15, 0.2) is 0 Å². The second-order valence-electron chi connectivity index (χ2n) is 4.77. The molecule has 5 heteroatoms. The summed E-state index contributed by atoms with van der Waals surface area (Å²) in [4.78, 5) is 4.16. The Labute approximate surface area is 132 Å². The third-order valence-electron chi connectivity index (χ3n) is 3.12. The number of aromatic nitrogens is 3. The highest BCUT2D eigenvalue weighted by Crippen LogP contribution is 2.14. The zero-order valence-corrected chi connectivity index (χ0v) is 13.0. The molecular weight excluding hydrogens is 328 g/mol. The lowest BCUT2D eigenvalue weighted by Crippen LogP contribution is -2.02. The van der Waals surface area contributed by atoms with Crippen LogP contribution in [0.25, 0.3) is 0 Å². The number of halogens is 1. The van der Waals surface area contributed by atoms with Crippen molar-refractivity contribution in [3.8, 4) is 0 Å². The van der Waals surface area contributed by atoms with Crippen molar-refractivity contribution in [2.75, 3.05) is 5.32 Å². The van der Waals surface area contributed by atoms with Gasteiger partial charge in [-0.3, -0.25) is 9.67 Å². The number of pyridine rings is 1. The van der Waals surface area contributed by atoms with E-state index in [-0.39, 0.29) is 0 Å². The average molecular weight is 343 g/mol. The molecule has 0 aliphatic carbocycles. The van der Waals surface area contributed by atoms with Crippen molar-refractivity contribution in [3.05, 3.63) is 76.8 Å². The summed E-state index contributed by atoms with van der Waals surface area (Å²) in [7, 11) is 0. The summed E-state index contributed by atoms with van der Waals surface area (Å²) in [5, 5.41) is 7.60. The van der Waals surface area contributed by atoms with Gasteiger partial charge in [0.2, 0.25) is 0 Å². The Morgan fingerprint density at radius 3 is 2.67 bits per heavy atom. The standard InChI is InChI=1S/C16H15BrN4/c17-15-8-14(9-18-11-15)10-19-16-4-2-13(3-5-16)12-21-7-1-6-20-21/h1-9,11,19H,10,12H2. The molecule has 4 nitrogen and oxygen atoms in total.